The van der Waals surface area contributed by atoms with E-state index in [0.717, 1.165) is 20.9 Å². The Balaban J connectivity index is 2.11. The van der Waals surface area contributed by atoms with Gasteiger partial charge in [-0.1, -0.05) is 40.2 Å². The van der Waals surface area contributed by atoms with Crippen LogP contribution in [-0.4, -0.2) is 16.1 Å². The first-order valence-corrected chi connectivity index (χ1v) is 7.08. The Kier molecular flexibility index (Phi) is 3.58. The molecule has 0 amide bonds. The number of hydrogen-bond acceptors (Lipinski definition) is 3. The standard InChI is InChI=1S/C16H11BrN2O2/c17-13-7-8-14(11-5-2-1-4-10(11)13)19-15-12(16(20)21)6-3-9-18-15/h1-9H,(H,18,19)(H,20,21). The van der Waals surface area contributed by atoms with Crippen molar-refractivity contribution >= 4 is 44.2 Å². The van der Waals surface area contributed by atoms with Gasteiger partial charge in [-0.3, -0.25) is 0 Å². The average molecular weight is 343 g/mol. The molecule has 1 aromatic heterocycles. The van der Waals surface area contributed by atoms with Crippen LogP contribution < -0.4 is 5.32 Å². The van der Waals surface area contributed by atoms with Crippen LogP contribution in [-0.2, 0) is 0 Å². The number of carboxylic acids is 1. The lowest BCUT2D eigenvalue weighted by Crippen LogP contribution is -2.04. The number of fused-ring (bicyclic) bond motifs is 1. The van der Waals surface area contributed by atoms with Gasteiger partial charge in [0.05, 0.1) is 0 Å². The number of carbonyl (C=O) groups is 1. The van der Waals surface area contributed by atoms with Gasteiger partial charge >= 0.3 is 5.97 Å². The predicted octanol–water partition coefficient (Wildman–Crippen LogP) is 4.44. The summed E-state index contributed by atoms with van der Waals surface area (Å²) >= 11 is 3.52. The molecule has 0 atom stereocenters. The molecule has 104 valence electrons. The molecule has 0 bridgehead atoms. The summed E-state index contributed by atoms with van der Waals surface area (Å²) in [7, 11) is 0. The van der Waals surface area contributed by atoms with Gasteiger partial charge in [0.1, 0.15) is 11.4 Å². The molecule has 3 rings (SSSR count). The van der Waals surface area contributed by atoms with Crippen molar-refractivity contribution in [2.75, 3.05) is 5.32 Å². The molecule has 1 heterocycles. The lowest BCUT2D eigenvalue weighted by molar-refractivity contribution is 0.0697. The minimum atomic E-state index is -1.01. The highest BCUT2D eigenvalue weighted by Gasteiger charge is 2.12. The Hall–Kier alpha value is -2.40. The quantitative estimate of drug-likeness (QED) is 0.738. The Morgan fingerprint density at radius 1 is 1.05 bits per heavy atom. The number of hydrogen-bond donors (Lipinski definition) is 2. The highest BCUT2D eigenvalue weighted by molar-refractivity contribution is 9.10. The van der Waals surface area contributed by atoms with Gasteiger partial charge in [-0.25, -0.2) is 9.78 Å². The second kappa shape index (κ2) is 5.54. The average Bonchev–Trinajstić information content (AvgIpc) is 2.51. The first-order valence-electron chi connectivity index (χ1n) is 6.29. The van der Waals surface area contributed by atoms with Crippen molar-refractivity contribution in [1.82, 2.24) is 4.98 Å². The van der Waals surface area contributed by atoms with Gasteiger partial charge in [0.15, 0.2) is 0 Å². The van der Waals surface area contributed by atoms with Gasteiger partial charge in [0.2, 0.25) is 0 Å². The van der Waals surface area contributed by atoms with E-state index in [1.54, 1.807) is 12.3 Å². The number of rotatable bonds is 3. The topological polar surface area (TPSA) is 62.2 Å². The van der Waals surface area contributed by atoms with E-state index < -0.39 is 5.97 Å². The Morgan fingerprint density at radius 3 is 2.57 bits per heavy atom. The molecule has 0 aliphatic carbocycles. The van der Waals surface area contributed by atoms with E-state index in [4.69, 9.17) is 0 Å². The van der Waals surface area contributed by atoms with Crippen LogP contribution in [0.5, 0.6) is 0 Å². The first kappa shape index (κ1) is 13.6. The number of nitrogens with one attached hydrogen (secondary N) is 1. The van der Waals surface area contributed by atoms with Gasteiger partial charge < -0.3 is 10.4 Å². The van der Waals surface area contributed by atoms with Crippen molar-refractivity contribution in [2.45, 2.75) is 0 Å². The van der Waals surface area contributed by atoms with Gasteiger partial charge in [-0.15, -0.1) is 0 Å². The smallest absolute Gasteiger partial charge is 0.339 e. The summed E-state index contributed by atoms with van der Waals surface area (Å²) in [4.78, 5) is 15.4. The molecule has 0 aliphatic rings. The first-order chi connectivity index (χ1) is 10.2. The molecule has 21 heavy (non-hydrogen) atoms. The third kappa shape index (κ3) is 2.60. The van der Waals surface area contributed by atoms with Crippen molar-refractivity contribution in [1.29, 1.82) is 0 Å². The molecule has 0 saturated heterocycles. The molecule has 0 fully saturated rings. The zero-order valence-corrected chi connectivity index (χ0v) is 12.5. The fourth-order valence-electron chi connectivity index (χ4n) is 2.18. The van der Waals surface area contributed by atoms with Crippen molar-refractivity contribution in [2.24, 2.45) is 0 Å². The Morgan fingerprint density at radius 2 is 1.81 bits per heavy atom. The number of benzene rings is 2. The second-order valence-electron chi connectivity index (χ2n) is 4.47. The fourth-order valence-corrected chi connectivity index (χ4v) is 2.65. The minimum absolute atomic E-state index is 0.143. The van der Waals surface area contributed by atoms with Gasteiger partial charge in [-0.2, -0.15) is 0 Å². The zero-order valence-electron chi connectivity index (χ0n) is 10.9. The summed E-state index contributed by atoms with van der Waals surface area (Å²) in [6.07, 6.45) is 1.57. The Labute approximate surface area is 129 Å². The van der Waals surface area contributed by atoms with E-state index in [2.05, 4.69) is 26.2 Å². The lowest BCUT2D eigenvalue weighted by atomic mass is 10.1. The van der Waals surface area contributed by atoms with E-state index in [1.807, 2.05) is 36.4 Å². The summed E-state index contributed by atoms with van der Waals surface area (Å²) in [5, 5.41) is 14.4. The number of halogens is 1. The molecule has 2 aromatic carbocycles. The molecule has 4 nitrogen and oxygen atoms in total. The van der Waals surface area contributed by atoms with Crippen LogP contribution in [0.3, 0.4) is 0 Å². The van der Waals surface area contributed by atoms with Crippen molar-refractivity contribution in [3.8, 4) is 0 Å². The van der Waals surface area contributed by atoms with Crippen molar-refractivity contribution in [3.05, 3.63) is 64.8 Å². The number of nitrogens with zero attached hydrogens (tertiary/aromatic N) is 1. The Bertz CT molecular complexity index is 833. The number of carboxylic acid groups (broad SMARTS) is 1. The number of aromatic nitrogens is 1. The molecule has 0 unspecified atom stereocenters. The minimum Gasteiger partial charge on any atom is -0.478 e. The third-order valence-corrected chi connectivity index (χ3v) is 3.85. The van der Waals surface area contributed by atoms with Crippen LogP contribution in [0.1, 0.15) is 10.4 Å². The molecule has 2 N–H and O–H groups in total. The van der Waals surface area contributed by atoms with Crippen molar-refractivity contribution in [3.63, 3.8) is 0 Å². The summed E-state index contributed by atoms with van der Waals surface area (Å²) in [5.41, 5.74) is 0.958. The van der Waals surface area contributed by atoms with E-state index in [-0.39, 0.29) is 5.56 Å². The maximum absolute atomic E-state index is 11.2. The van der Waals surface area contributed by atoms with E-state index in [9.17, 15) is 9.90 Å². The molecule has 0 aliphatic heterocycles. The van der Waals surface area contributed by atoms with Crippen LogP contribution >= 0.6 is 15.9 Å². The maximum atomic E-state index is 11.2. The summed E-state index contributed by atoms with van der Waals surface area (Å²) in [6, 6.07) is 14.8. The fraction of sp³-hybridized carbons (Fsp3) is 0. The number of pyridine rings is 1. The van der Waals surface area contributed by atoms with Crippen LogP contribution in [0, 0.1) is 0 Å². The molecular formula is C16H11BrN2O2. The van der Waals surface area contributed by atoms with E-state index in [1.165, 1.54) is 6.07 Å². The van der Waals surface area contributed by atoms with Gasteiger partial charge in [0, 0.05) is 21.7 Å². The number of anilines is 2. The molecule has 0 spiro atoms. The summed E-state index contributed by atoms with van der Waals surface area (Å²) in [5.74, 6) is -0.676. The zero-order chi connectivity index (χ0) is 14.8. The monoisotopic (exact) mass is 342 g/mol. The highest BCUT2D eigenvalue weighted by atomic mass is 79.9. The van der Waals surface area contributed by atoms with Crippen LogP contribution in [0.15, 0.2) is 59.2 Å². The molecular weight excluding hydrogens is 332 g/mol. The largest absolute Gasteiger partial charge is 0.478 e. The molecule has 3 aromatic rings. The van der Waals surface area contributed by atoms with Crippen LogP contribution in [0.2, 0.25) is 0 Å². The van der Waals surface area contributed by atoms with E-state index in [0.29, 0.717) is 5.82 Å². The number of aromatic carboxylic acids is 1. The third-order valence-electron chi connectivity index (χ3n) is 3.16. The van der Waals surface area contributed by atoms with E-state index >= 15 is 0 Å². The normalized spacial score (nSPS) is 10.5. The summed E-state index contributed by atoms with van der Waals surface area (Å²) in [6.45, 7) is 0. The lowest BCUT2D eigenvalue weighted by Gasteiger charge is -2.12. The molecule has 5 heteroatoms. The highest BCUT2D eigenvalue weighted by Crippen LogP contribution is 2.31. The maximum Gasteiger partial charge on any atom is 0.339 e. The van der Waals surface area contributed by atoms with Crippen molar-refractivity contribution < 1.29 is 9.90 Å². The molecule has 0 saturated carbocycles. The van der Waals surface area contributed by atoms with Crippen LogP contribution in [0.4, 0.5) is 11.5 Å². The SMILES string of the molecule is O=C(O)c1cccnc1Nc1ccc(Br)c2ccccc12. The molecule has 0 radical (unpaired) electrons. The second-order valence-corrected chi connectivity index (χ2v) is 5.32. The predicted molar refractivity (Wildman–Crippen MR) is 86.1 cm³/mol. The summed E-state index contributed by atoms with van der Waals surface area (Å²) < 4.78 is 0.989. The van der Waals surface area contributed by atoms with Crippen LogP contribution in [0.25, 0.3) is 10.8 Å². The van der Waals surface area contributed by atoms with Gasteiger partial charge in [-0.05, 0) is 29.7 Å². The van der Waals surface area contributed by atoms with Gasteiger partial charge in [0.25, 0.3) is 0 Å².